The molecule has 1 fully saturated rings. The van der Waals surface area contributed by atoms with Gasteiger partial charge in [-0.2, -0.15) is 13.2 Å². The molecule has 0 aromatic heterocycles. The van der Waals surface area contributed by atoms with Crippen LogP contribution in [0.2, 0.25) is 5.02 Å². The Hall–Kier alpha value is -1.75. The van der Waals surface area contributed by atoms with Crippen LogP contribution >= 0.6 is 23.4 Å². The molecule has 0 aliphatic heterocycles. The van der Waals surface area contributed by atoms with Crippen molar-refractivity contribution < 1.29 is 31.5 Å². The Labute approximate surface area is 186 Å². The fourth-order valence-corrected chi connectivity index (χ4v) is 5.16. The van der Waals surface area contributed by atoms with E-state index >= 15 is 0 Å². The lowest BCUT2D eigenvalue weighted by Gasteiger charge is -2.25. The number of hydrogen-bond acceptors (Lipinski definition) is 5. The summed E-state index contributed by atoms with van der Waals surface area (Å²) in [6.07, 6.45) is -2.75. The van der Waals surface area contributed by atoms with Gasteiger partial charge >= 0.3 is 6.18 Å². The summed E-state index contributed by atoms with van der Waals surface area (Å²) in [5.74, 6) is -0.0120. The van der Waals surface area contributed by atoms with Gasteiger partial charge in [0.2, 0.25) is 15.4 Å². The van der Waals surface area contributed by atoms with Gasteiger partial charge in [-0.3, -0.25) is 4.79 Å². The van der Waals surface area contributed by atoms with Crippen LogP contribution in [-0.4, -0.2) is 37.0 Å². The van der Waals surface area contributed by atoms with Crippen LogP contribution in [0.4, 0.5) is 18.9 Å². The maximum absolute atomic E-state index is 12.9. The first-order valence-corrected chi connectivity index (χ1v) is 12.0. The Morgan fingerprint density at radius 2 is 1.74 bits per heavy atom. The van der Waals surface area contributed by atoms with Gasteiger partial charge < -0.3 is 10.4 Å². The summed E-state index contributed by atoms with van der Waals surface area (Å²) < 4.78 is 64.1. The van der Waals surface area contributed by atoms with Gasteiger partial charge in [0.15, 0.2) is 0 Å². The Morgan fingerprint density at radius 1 is 1.16 bits per heavy atom. The summed E-state index contributed by atoms with van der Waals surface area (Å²) in [6.45, 7) is 0.307. The second kappa shape index (κ2) is 8.65. The van der Waals surface area contributed by atoms with Crippen LogP contribution in [0.25, 0.3) is 0 Å². The van der Waals surface area contributed by atoms with Crippen molar-refractivity contribution in [2.75, 3.05) is 11.1 Å². The molecular weight excluding hydrogens is 475 g/mol. The van der Waals surface area contributed by atoms with Crippen LogP contribution in [0.3, 0.4) is 0 Å². The lowest BCUT2D eigenvalue weighted by Crippen LogP contribution is -2.52. The number of thioether (sulfide) groups is 1. The molecule has 31 heavy (non-hydrogen) atoms. The molecule has 1 aliphatic carbocycles. The maximum atomic E-state index is 12.9. The molecule has 1 aliphatic rings. The quantitative estimate of drug-likeness (QED) is 0.534. The Morgan fingerprint density at radius 3 is 2.26 bits per heavy atom. The van der Waals surface area contributed by atoms with Crippen LogP contribution in [0.5, 0.6) is 0 Å². The molecule has 5 nitrogen and oxygen atoms in total. The summed E-state index contributed by atoms with van der Waals surface area (Å²) in [5.41, 5.74) is -3.90. The van der Waals surface area contributed by atoms with Crippen LogP contribution in [0, 0.1) is 5.92 Å². The third-order valence-electron chi connectivity index (χ3n) is 4.81. The number of carbonyl (C=O) groups is 1. The molecule has 0 spiro atoms. The smallest absolute Gasteiger partial charge is 0.373 e. The number of halogens is 4. The minimum absolute atomic E-state index is 0.0381. The molecule has 0 bridgehead atoms. The number of rotatable bonds is 7. The van der Waals surface area contributed by atoms with Crippen molar-refractivity contribution in [3.63, 3.8) is 0 Å². The lowest BCUT2D eigenvalue weighted by molar-refractivity contribution is -0.242. The summed E-state index contributed by atoms with van der Waals surface area (Å²) in [7, 11) is -3.93. The SMILES string of the molecule is C[C@@](O)(C(=O)Nc1ccc(S(=O)(=O)c2ccc(SCC3CC3)cc2)cc1Cl)C(F)(F)F. The predicted molar refractivity (Wildman–Crippen MR) is 112 cm³/mol. The lowest BCUT2D eigenvalue weighted by atomic mass is 10.1. The van der Waals surface area contributed by atoms with Crippen molar-refractivity contribution in [1.29, 1.82) is 0 Å². The highest BCUT2D eigenvalue weighted by atomic mass is 35.5. The number of alkyl halides is 3. The highest BCUT2D eigenvalue weighted by Crippen LogP contribution is 2.36. The Bertz CT molecular complexity index is 1080. The van der Waals surface area contributed by atoms with Gasteiger partial charge in [-0.05, 0) is 68.1 Å². The molecule has 2 aromatic carbocycles. The van der Waals surface area contributed by atoms with E-state index in [0.717, 1.165) is 34.8 Å². The van der Waals surface area contributed by atoms with E-state index in [1.165, 1.54) is 25.0 Å². The summed E-state index contributed by atoms with van der Waals surface area (Å²) in [6, 6.07) is 9.62. The van der Waals surface area contributed by atoms with Gasteiger partial charge in [-0.25, -0.2) is 8.42 Å². The molecule has 11 heteroatoms. The van der Waals surface area contributed by atoms with Crippen molar-refractivity contribution in [1.82, 2.24) is 0 Å². The van der Waals surface area contributed by atoms with Gasteiger partial charge in [-0.15, -0.1) is 11.8 Å². The van der Waals surface area contributed by atoms with Crippen LogP contribution in [-0.2, 0) is 14.6 Å². The fourth-order valence-electron chi connectivity index (χ4n) is 2.49. The van der Waals surface area contributed by atoms with E-state index in [-0.39, 0.29) is 20.5 Å². The molecule has 3 rings (SSSR count). The van der Waals surface area contributed by atoms with Crippen molar-refractivity contribution >= 4 is 44.8 Å². The van der Waals surface area contributed by atoms with E-state index in [9.17, 15) is 31.5 Å². The number of aliphatic hydroxyl groups is 1. The molecule has 2 aromatic rings. The number of carbonyl (C=O) groups excluding carboxylic acids is 1. The normalized spacial score (nSPS) is 16.6. The summed E-state index contributed by atoms with van der Waals surface area (Å²) in [4.78, 5) is 12.6. The average Bonchev–Trinajstić information content (AvgIpc) is 3.51. The number of sulfone groups is 1. The predicted octanol–water partition coefficient (Wildman–Crippen LogP) is 4.93. The minimum Gasteiger partial charge on any atom is -0.373 e. The monoisotopic (exact) mass is 493 g/mol. The first-order valence-electron chi connectivity index (χ1n) is 9.20. The van der Waals surface area contributed by atoms with E-state index in [2.05, 4.69) is 0 Å². The minimum atomic E-state index is -5.20. The molecule has 0 unspecified atom stereocenters. The fraction of sp³-hybridized carbons (Fsp3) is 0.350. The molecule has 2 N–H and O–H groups in total. The number of hydrogen-bond donors (Lipinski definition) is 2. The molecule has 0 saturated heterocycles. The van der Waals surface area contributed by atoms with E-state index in [1.54, 1.807) is 23.9 Å². The van der Waals surface area contributed by atoms with Crippen molar-refractivity contribution in [2.45, 2.75) is 46.2 Å². The van der Waals surface area contributed by atoms with E-state index in [0.29, 0.717) is 6.92 Å². The molecular formula is C20H19ClF3NO4S2. The first-order chi connectivity index (χ1) is 14.3. The molecule has 168 valence electrons. The second-order valence-corrected chi connectivity index (χ2v) is 10.8. The van der Waals surface area contributed by atoms with Gasteiger partial charge in [-0.1, -0.05) is 11.6 Å². The standard InChI is InChI=1S/C20H19ClF3NO4S2/c1-19(27,20(22,23)24)18(26)25-17-9-8-15(10-16(17)21)31(28,29)14-6-4-13(5-7-14)30-11-12-2-3-12/h4-10,12,27H,2-3,11H2,1H3,(H,25,26)/t19-/m1/s1. The number of nitrogens with one attached hydrogen (secondary N) is 1. The number of anilines is 1. The Kier molecular flexibility index (Phi) is 6.67. The van der Waals surface area contributed by atoms with E-state index in [4.69, 9.17) is 11.6 Å². The first kappa shape index (κ1) is 23.9. The van der Waals surface area contributed by atoms with Crippen LogP contribution in [0.15, 0.2) is 57.2 Å². The van der Waals surface area contributed by atoms with Crippen molar-refractivity contribution in [2.24, 2.45) is 5.92 Å². The largest absolute Gasteiger partial charge is 0.426 e. The highest BCUT2D eigenvalue weighted by Gasteiger charge is 2.55. The molecule has 1 saturated carbocycles. The number of amides is 1. The van der Waals surface area contributed by atoms with Gasteiger partial charge in [0.25, 0.3) is 5.91 Å². The molecule has 0 radical (unpaired) electrons. The zero-order valence-electron chi connectivity index (χ0n) is 16.2. The van der Waals surface area contributed by atoms with Crippen LogP contribution < -0.4 is 5.32 Å². The molecule has 1 amide bonds. The van der Waals surface area contributed by atoms with Crippen molar-refractivity contribution in [3.05, 3.63) is 47.5 Å². The molecule has 1 atom stereocenters. The second-order valence-electron chi connectivity index (χ2n) is 7.39. The summed E-state index contributed by atoms with van der Waals surface area (Å²) in [5, 5.41) is 11.0. The van der Waals surface area contributed by atoms with Gasteiger partial charge in [0.1, 0.15) is 0 Å². The zero-order chi connectivity index (χ0) is 23.0. The third-order valence-corrected chi connectivity index (χ3v) is 8.13. The third kappa shape index (κ3) is 5.36. The van der Waals surface area contributed by atoms with Gasteiger partial charge in [0.05, 0.1) is 20.5 Å². The highest BCUT2D eigenvalue weighted by molar-refractivity contribution is 7.99. The Balaban J connectivity index is 1.77. The van der Waals surface area contributed by atoms with E-state index < -0.39 is 27.5 Å². The topological polar surface area (TPSA) is 83.5 Å². The average molecular weight is 494 g/mol. The van der Waals surface area contributed by atoms with E-state index in [1.807, 2.05) is 5.32 Å². The van der Waals surface area contributed by atoms with Crippen LogP contribution in [0.1, 0.15) is 19.8 Å². The zero-order valence-corrected chi connectivity index (χ0v) is 18.6. The molecule has 0 heterocycles. The number of benzene rings is 2. The maximum Gasteiger partial charge on any atom is 0.426 e. The summed E-state index contributed by atoms with van der Waals surface area (Å²) >= 11 is 7.65. The van der Waals surface area contributed by atoms with Crippen molar-refractivity contribution in [3.8, 4) is 0 Å². The van der Waals surface area contributed by atoms with Gasteiger partial charge in [0, 0.05) is 10.6 Å².